The summed E-state index contributed by atoms with van der Waals surface area (Å²) in [7, 11) is 0. The average Bonchev–Trinajstić information content (AvgIpc) is 2.77. The van der Waals surface area contributed by atoms with Gasteiger partial charge in [0.05, 0.1) is 10.7 Å². The Balaban J connectivity index is 1.65. The molecule has 1 aliphatic heterocycles. The van der Waals surface area contributed by atoms with Crippen molar-refractivity contribution in [1.82, 2.24) is 19.9 Å². The quantitative estimate of drug-likeness (QED) is 0.925. The topological polar surface area (TPSA) is 71.2 Å². The summed E-state index contributed by atoms with van der Waals surface area (Å²) in [5.74, 6) is 1.08. The first-order valence-corrected chi connectivity index (χ1v) is 8.53. The van der Waals surface area contributed by atoms with Gasteiger partial charge in [0.1, 0.15) is 17.2 Å². The first-order valence-electron chi connectivity index (χ1n) is 7.28. The number of hydrogen-bond acceptors (Lipinski definition) is 7. The van der Waals surface area contributed by atoms with Gasteiger partial charge in [0.15, 0.2) is 5.82 Å². The summed E-state index contributed by atoms with van der Waals surface area (Å²) in [5, 5.41) is 3.71. The van der Waals surface area contributed by atoms with Crippen LogP contribution in [0.4, 0.5) is 11.6 Å². The second-order valence-corrected chi connectivity index (χ2v) is 6.81. The molecule has 2 N–H and O–H groups in total. The Bertz CT molecular complexity index is 646. The van der Waals surface area contributed by atoms with E-state index in [9.17, 15) is 0 Å². The van der Waals surface area contributed by atoms with E-state index < -0.39 is 0 Å². The molecule has 0 aromatic carbocycles. The first kappa shape index (κ1) is 15.5. The molecular weight excluding hydrogens is 320 g/mol. The molecule has 0 unspecified atom stereocenters. The first-order chi connectivity index (χ1) is 10.6. The van der Waals surface area contributed by atoms with Crippen LogP contribution in [0.2, 0.25) is 5.02 Å². The van der Waals surface area contributed by atoms with E-state index in [1.165, 1.54) is 6.33 Å². The van der Waals surface area contributed by atoms with Gasteiger partial charge in [-0.1, -0.05) is 11.6 Å². The Morgan fingerprint density at radius 2 is 2.14 bits per heavy atom. The van der Waals surface area contributed by atoms with Crippen LogP contribution in [0.25, 0.3) is 0 Å². The summed E-state index contributed by atoms with van der Waals surface area (Å²) < 4.78 is 0. The molecule has 3 heterocycles. The molecule has 8 heteroatoms. The molecule has 0 spiro atoms. The number of aryl methyl sites for hydroxylation is 1. The molecule has 0 amide bonds. The molecule has 118 valence electrons. The van der Waals surface area contributed by atoms with Crippen LogP contribution >= 0.6 is 22.9 Å². The van der Waals surface area contributed by atoms with Gasteiger partial charge in [-0.05, 0) is 13.3 Å². The lowest BCUT2D eigenvalue weighted by Crippen LogP contribution is -2.31. The van der Waals surface area contributed by atoms with E-state index in [2.05, 4.69) is 30.1 Å². The fourth-order valence-electron chi connectivity index (χ4n) is 2.64. The third kappa shape index (κ3) is 3.48. The predicted octanol–water partition coefficient (Wildman–Crippen LogP) is 2.19. The molecule has 0 bridgehead atoms. The van der Waals surface area contributed by atoms with Gasteiger partial charge in [-0.25, -0.2) is 15.0 Å². The highest BCUT2D eigenvalue weighted by molar-refractivity contribution is 7.09. The van der Waals surface area contributed by atoms with E-state index in [-0.39, 0.29) is 0 Å². The van der Waals surface area contributed by atoms with E-state index in [0.29, 0.717) is 10.8 Å². The third-order valence-corrected chi connectivity index (χ3v) is 4.92. The summed E-state index contributed by atoms with van der Waals surface area (Å²) in [6, 6.07) is 0. The molecule has 2 aromatic heterocycles. The summed E-state index contributed by atoms with van der Waals surface area (Å²) in [4.78, 5) is 17.4. The van der Waals surface area contributed by atoms with Gasteiger partial charge < -0.3 is 10.6 Å². The number of aromatic nitrogens is 3. The number of nitrogen functional groups attached to an aromatic ring is 1. The Labute approximate surface area is 138 Å². The SMILES string of the molecule is Cc1nc(CN2CCCN(c3ncnc(N)c3Cl)CC2)cs1. The smallest absolute Gasteiger partial charge is 0.153 e. The number of anilines is 2. The number of nitrogens with two attached hydrogens (primary N) is 1. The molecule has 3 rings (SSSR count). The molecule has 0 aliphatic carbocycles. The number of halogens is 1. The maximum Gasteiger partial charge on any atom is 0.153 e. The molecule has 6 nitrogen and oxygen atoms in total. The minimum absolute atomic E-state index is 0.339. The Kier molecular flexibility index (Phi) is 4.75. The number of hydrogen-bond donors (Lipinski definition) is 1. The van der Waals surface area contributed by atoms with Crippen molar-refractivity contribution in [3.63, 3.8) is 0 Å². The molecule has 0 atom stereocenters. The van der Waals surface area contributed by atoms with E-state index in [0.717, 1.165) is 55.7 Å². The molecule has 2 aromatic rings. The fraction of sp³-hybridized carbons (Fsp3) is 0.500. The van der Waals surface area contributed by atoms with Crippen molar-refractivity contribution in [2.75, 3.05) is 36.8 Å². The molecule has 1 saturated heterocycles. The minimum Gasteiger partial charge on any atom is -0.382 e. The predicted molar refractivity (Wildman–Crippen MR) is 90.4 cm³/mol. The van der Waals surface area contributed by atoms with Crippen LogP contribution in [0.3, 0.4) is 0 Å². The zero-order valence-electron chi connectivity index (χ0n) is 12.5. The van der Waals surface area contributed by atoms with Crippen LogP contribution in [-0.4, -0.2) is 46.0 Å². The van der Waals surface area contributed by atoms with Crippen LogP contribution in [0.1, 0.15) is 17.1 Å². The normalized spacial score (nSPS) is 16.7. The number of nitrogens with zero attached hydrogens (tertiary/aromatic N) is 5. The Morgan fingerprint density at radius 3 is 2.91 bits per heavy atom. The molecule has 22 heavy (non-hydrogen) atoms. The zero-order chi connectivity index (χ0) is 15.5. The van der Waals surface area contributed by atoms with Crippen LogP contribution < -0.4 is 10.6 Å². The lowest BCUT2D eigenvalue weighted by molar-refractivity contribution is 0.282. The highest BCUT2D eigenvalue weighted by Crippen LogP contribution is 2.27. The minimum atomic E-state index is 0.339. The molecule has 0 radical (unpaired) electrons. The maximum atomic E-state index is 6.23. The second kappa shape index (κ2) is 6.76. The largest absolute Gasteiger partial charge is 0.382 e. The highest BCUT2D eigenvalue weighted by Gasteiger charge is 2.19. The molecule has 0 saturated carbocycles. The van der Waals surface area contributed by atoms with Gasteiger partial charge in [0.2, 0.25) is 0 Å². The van der Waals surface area contributed by atoms with Crippen molar-refractivity contribution in [3.8, 4) is 0 Å². The van der Waals surface area contributed by atoms with E-state index in [1.807, 2.05) is 6.92 Å². The summed E-state index contributed by atoms with van der Waals surface area (Å²) in [6.07, 6.45) is 2.53. The van der Waals surface area contributed by atoms with E-state index >= 15 is 0 Å². The van der Waals surface area contributed by atoms with Crippen molar-refractivity contribution < 1.29 is 0 Å². The highest BCUT2D eigenvalue weighted by atomic mass is 35.5. The lowest BCUT2D eigenvalue weighted by atomic mass is 10.3. The van der Waals surface area contributed by atoms with Crippen LogP contribution in [0, 0.1) is 6.92 Å². The molecular formula is C14H19ClN6S. The van der Waals surface area contributed by atoms with Gasteiger partial charge in [-0.2, -0.15) is 0 Å². The fourth-order valence-corrected chi connectivity index (χ4v) is 3.47. The number of rotatable bonds is 3. The molecule has 1 fully saturated rings. The standard InChI is InChI=1S/C14H19ClN6S/c1-10-19-11(8-22-10)7-20-3-2-4-21(6-5-20)14-12(15)13(16)17-9-18-14/h8-9H,2-7H2,1H3,(H2,16,17,18). The third-order valence-electron chi connectivity index (χ3n) is 3.74. The maximum absolute atomic E-state index is 6.23. The summed E-state index contributed by atoms with van der Waals surface area (Å²) >= 11 is 7.94. The van der Waals surface area contributed by atoms with E-state index in [4.69, 9.17) is 17.3 Å². The lowest BCUT2D eigenvalue weighted by Gasteiger charge is -2.23. The molecule has 1 aliphatic rings. The average molecular weight is 339 g/mol. The van der Waals surface area contributed by atoms with Crippen molar-refractivity contribution in [2.45, 2.75) is 19.9 Å². The van der Waals surface area contributed by atoms with Crippen LogP contribution in [0.15, 0.2) is 11.7 Å². The summed E-state index contributed by atoms with van der Waals surface area (Å²) in [6.45, 7) is 6.74. The Morgan fingerprint density at radius 1 is 1.27 bits per heavy atom. The monoisotopic (exact) mass is 338 g/mol. The van der Waals surface area contributed by atoms with Gasteiger partial charge in [0, 0.05) is 38.1 Å². The van der Waals surface area contributed by atoms with E-state index in [1.54, 1.807) is 11.3 Å². The van der Waals surface area contributed by atoms with Gasteiger partial charge in [-0.3, -0.25) is 4.90 Å². The van der Waals surface area contributed by atoms with Gasteiger partial charge in [0.25, 0.3) is 0 Å². The van der Waals surface area contributed by atoms with Crippen LogP contribution in [0.5, 0.6) is 0 Å². The van der Waals surface area contributed by atoms with Crippen molar-refractivity contribution in [1.29, 1.82) is 0 Å². The number of thiazole rings is 1. The van der Waals surface area contributed by atoms with Crippen molar-refractivity contribution in [2.24, 2.45) is 0 Å². The van der Waals surface area contributed by atoms with Gasteiger partial charge in [-0.15, -0.1) is 11.3 Å². The Hall–Kier alpha value is -1.44. The summed E-state index contributed by atoms with van der Waals surface area (Å²) in [5.41, 5.74) is 6.92. The zero-order valence-corrected chi connectivity index (χ0v) is 14.1. The van der Waals surface area contributed by atoms with Crippen LogP contribution in [-0.2, 0) is 6.54 Å². The van der Waals surface area contributed by atoms with Crippen molar-refractivity contribution in [3.05, 3.63) is 27.4 Å². The van der Waals surface area contributed by atoms with Gasteiger partial charge >= 0.3 is 0 Å². The second-order valence-electron chi connectivity index (χ2n) is 5.37. The van der Waals surface area contributed by atoms with Crippen molar-refractivity contribution >= 4 is 34.6 Å².